The third-order valence-corrected chi connectivity index (χ3v) is 7.02. The summed E-state index contributed by atoms with van der Waals surface area (Å²) in [6, 6.07) is 29.9. The minimum atomic E-state index is -0.609. The predicted molar refractivity (Wildman–Crippen MR) is 164 cm³/mol. The number of hydrogen-bond acceptors (Lipinski definition) is 5. The van der Waals surface area contributed by atoms with E-state index in [0.717, 1.165) is 39.1 Å². The van der Waals surface area contributed by atoms with Crippen molar-refractivity contribution in [2.75, 3.05) is 13.7 Å². The lowest BCUT2D eigenvalue weighted by Crippen LogP contribution is -2.31. The Morgan fingerprint density at radius 2 is 1.56 bits per heavy atom. The Balaban J connectivity index is 1.57. The molecular formula is C34H34BrNO5. The number of carbonyl (C=O) groups excluding carboxylic acids is 2. The smallest absolute Gasteiger partial charge is 0.307 e. The molecule has 212 valence electrons. The largest absolute Gasteiger partial charge is 0.493 e. The van der Waals surface area contributed by atoms with Crippen molar-refractivity contribution >= 4 is 27.8 Å². The molecule has 4 aromatic carbocycles. The Morgan fingerprint density at radius 3 is 2.27 bits per heavy atom. The molecule has 0 aliphatic heterocycles. The summed E-state index contributed by atoms with van der Waals surface area (Å²) in [6.07, 6.45) is 0.848. The number of esters is 1. The number of para-hydroxylation sites is 2. The van der Waals surface area contributed by atoms with Crippen molar-refractivity contribution in [1.29, 1.82) is 0 Å². The Bertz CT molecular complexity index is 1450. The molecular weight excluding hydrogens is 582 g/mol. The molecule has 41 heavy (non-hydrogen) atoms. The van der Waals surface area contributed by atoms with E-state index in [1.165, 1.54) is 7.11 Å². The van der Waals surface area contributed by atoms with Crippen LogP contribution in [0.2, 0.25) is 0 Å². The molecule has 6 nitrogen and oxygen atoms in total. The summed E-state index contributed by atoms with van der Waals surface area (Å²) in [7, 11) is 1.34. The molecule has 0 aromatic heterocycles. The van der Waals surface area contributed by atoms with Crippen molar-refractivity contribution in [1.82, 2.24) is 5.32 Å². The van der Waals surface area contributed by atoms with Gasteiger partial charge in [-0.3, -0.25) is 9.59 Å². The summed E-state index contributed by atoms with van der Waals surface area (Å²) in [6.45, 7) is 4.74. The Labute approximate surface area is 249 Å². The van der Waals surface area contributed by atoms with Crippen molar-refractivity contribution in [2.24, 2.45) is 5.92 Å². The lowest BCUT2D eigenvalue weighted by Gasteiger charge is -2.20. The standard InChI is InChI=1S/C34H34BrNO5/c1-23(2)19-20-40-31-18-17-26(35)21-29(31)34(38)36-30(22-33(37)39-3)25-15-13-24(14-16-25)28-11-7-8-12-32(28)41-27-9-5-4-6-10-27/h4-18,21,23,30H,19-20,22H2,1-3H3,(H,36,38). The van der Waals surface area contributed by atoms with Gasteiger partial charge >= 0.3 is 5.97 Å². The molecule has 1 unspecified atom stereocenters. The van der Waals surface area contributed by atoms with E-state index < -0.39 is 12.0 Å². The van der Waals surface area contributed by atoms with Crippen LogP contribution in [0.1, 0.15) is 48.7 Å². The van der Waals surface area contributed by atoms with Gasteiger partial charge in [0.05, 0.1) is 31.7 Å². The SMILES string of the molecule is COC(=O)CC(NC(=O)c1cc(Br)ccc1OCCC(C)C)c1ccc(-c2ccccc2Oc2ccccc2)cc1. The molecule has 0 aliphatic carbocycles. The molecule has 0 saturated carbocycles. The van der Waals surface area contributed by atoms with Crippen LogP contribution >= 0.6 is 15.9 Å². The van der Waals surface area contributed by atoms with Gasteiger partial charge in [0.1, 0.15) is 17.2 Å². The molecule has 0 spiro atoms. The van der Waals surface area contributed by atoms with Crippen LogP contribution in [0.15, 0.2) is 102 Å². The van der Waals surface area contributed by atoms with Gasteiger partial charge < -0.3 is 19.5 Å². The lowest BCUT2D eigenvalue weighted by atomic mass is 9.98. The van der Waals surface area contributed by atoms with Gasteiger partial charge in [0.2, 0.25) is 0 Å². The van der Waals surface area contributed by atoms with E-state index in [4.69, 9.17) is 14.2 Å². The molecule has 4 rings (SSSR count). The number of rotatable bonds is 12. The maximum absolute atomic E-state index is 13.5. The van der Waals surface area contributed by atoms with Crippen molar-refractivity contribution in [2.45, 2.75) is 32.7 Å². The molecule has 0 radical (unpaired) electrons. The molecule has 0 bridgehead atoms. The van der Waals surface area contributed by atoms with E-state index in [1.54, 1.807) is 12.1 Å². The molecule has 1 amide bonds. The van der Waals surface area contributed by atoms with Gasteiger partial charge in [0.15, 0.2) is 0 Å². The third kappa shape index (κ3) is 8.44. The molecule has 7 heteroatoms. The zero-order chi connectivity index (χ0) is 29.2. The molecule has 0 aliphatic rings. The highest BCUT2D eigenvalue weighted by molar-refractivity contribution is 9.10. The number of amides is 1. The molecule has 4 aromatic rings. The van der Waals surface area contributed by atoms with Gasteiger partial charge in [-0.2, -0.15) is 0 Å². The zero-order valence-corrected chi connectivity index (χ0v) is 25.0. The minimum absolute atomic E-state index is 0.0210. The molecule has 1 atom stereocenters. The summed E-state index contributed by atoms with van der Waals surface area (Å²) in [4.78, 5) is 25.8. The second-order valence-electron chi connectivity index (χ2n) is 10.0. The van der Waals surface area contributed by atoms with Crippen LogP contribution in [0.4, 0.5) is 0 Å². The summed E-state index contributed by atoms with van der Waals surface area (Å²) in [5.41, 5.74) is 3.03. The van der Waals surface area contributed by atoms with Crippen LogP contribution in [0.5, 0.6) is 17.2 Å². The van der Waals surface area contributed by atoms with E-state index in [1.807, 2.05) is 84.9 Å². The van der Waals surface area contributed by atoms with Gasteiger partial charge in [0.25, 0.3) is 5.91 Å². The second kappa shape index (κ2) is 14.5. The lowest BCUT2D eigenvalue weighted by molar-refractivity contribution is -0.141. The first-order chi connectivity index (χ1) is 19.8. The maximum atomic E-state index is 13.5. The highest BCUT2D eigenvalue weighted by atomic mass is 79.9. The quantitative estimate of drug-likeness (QED) is 0.162. The van der Waals surface area contributed by atoms with Gasteiger partial charge in [-0.1, -0.05) is 90.4 Å². The van der Waals surface area contributed by atoms with E-state index in [9.17, 15) is 9.59 Å². The second-order valence-corrected chi connectivity index (χ2v) is 10.9. The molecule has 0 heterocycles. The van der Waals surface area contributed by atoms with Crippen molar-refractivity contribution in [3.63, 3.8) is 0 Å². The van der Waals surface area contributed by atoms with Crippen LogP contribution in [0.3, 0.4) is 0 Å². The average molecular weight is 617 g/mol. The van der Waals surface area contributed by atoms with Gasteiger partial charge in [0, 0.05) is 10.0 Å². The van der Waals surface area contributed by atoms with Gasteiger partial charge in [-0.15, -0.1) is 0 Å². The number of benzene rings is 4. The van der Waals surface area contributed by atoms with Gasteiger partial charge in [-0.25, -0.2) is 0 Å². The number of ether oxygens (including phenoxy) is 3. The number of hydrogen-bond donors (Lipinski definition) is 1. The summed E-state index contributed by atoms with van der Waals surface area (Å²) < 4.78 is 17.8. The first-order valence-corrected chi connectivity index (χ1v) is 14.4. The fourth-order valence-corrected chi connectivity index (χ4v) is 4.61. The highest BCUT2D eigenvalue weighted by Crippen LogP contribution is 2.34. The molecule has 1 N–H and O–H groups in total. The Hall–Kier alpha value is -4.10. The first kappa shape index (κ1) is 29.9. The normalized spacial score (nSPS) is 11.5. The van der Waals surface area contributed by atoms with E-state index in [-0.39, 0.29) is 12.3 Å². The fourth-order valence-electron chi connectivity index (χ4n) is 4.25. The Morgan fingerprint density at radius 1 is 0.854 bits per heavy atom. The minimum Gasteiger partial charge on any atom is -0.493 e. The predicted octanol–water partition coefficient (Wildman–Crippen LogP) is 8.37. The first-order valence-electron chi connectivity index (χ1n) is 13.6. The molecule has 0 saturated heterocycles. The van der Waals surface area contributed by atoms with Crippen molar-refractivity contribution in [3.8, 4) is 28.4 Å². The maximum Gasteiger partial charge on any atom is 0.307 e. The van der Waals surface area contributed by atoms with E-state index in [2.05, 4.69) is 35.1 Å². The summed E-state index contributed by atoms with van der Waals surface area (Å²) in [5.74, 6) is 1.68. The van der Waals surface area contributed by atoms with Crippen LogP contribution in [0, 0.1) is 5.92 Å². The van der Waals surface area contributed by atoms with Crippen LogP contribution < -0.4 is 14.8 Å². The fraction of sp³-hybridized carbons (Fsp3) is 0.235. The summed E-state index contributed by atoms with van der Waals surface area (Å²) in [5, 5.41) is 3.02. The van der Waals surface area contributed by atoms with Crippen molar-refractivity contribution in [3.05, 3.63) is 113 Å². The monoisotopic (exact) mass is 615 g/mol. The molecule has 0 fully saturated rings. The highest BCUT2D eigenvalue weighted by Gasteiger charge is 2.22. The Kier molecular flexibility index (Phi) is 10.6. The van der Waals surface area contributed by atoms with Crippen LogP contribution in [-0.4, -0.2) is 25.6 Å². The van der Waals surface area contributed by atoms with E-state index in [0.29, 0.717) is 23.8 Å². The van der Waals surface area contributed by atoms with E-state index >= 15 is 0 Å². The summed E-state index contributed by atoms with van der Waals surface area (Å²) >= 11 is 3.46. The third-order valence-electron chi connectivity index (χ3n) is 6.52. The number of methoxy groups -OCH3 is 1. The van der Waals surface area contributed by atoms with Crippen LogP contribution in [-0.2, 0) is 9.53 Å². The number of nitrogens with one attached hydrogen (secondary N) is 1. The zero-order valence-electron chi connectivity index (χ0n) is 23.4. The van der Waals surface area contributed by atoms with Crippen LogP contribution in [0.25, 0.3) is 11.1 Å². The van der Waals surface area contributed by atoms with Crippen molar-refractivity contribution < 1.29 is 23.8 Å². The van der Waals surface area contributed by atoms with Gasteiger partial charge in [-0.05, 0) is 59.9 Å². The average Bonchev–Trinajstić information content (AvgIpc) is 2.98. The topological polar surface area (TPSA) is 73.9 Å². The number of carbonyl (C=O) groups is 2. The number of halogens is 1.